The van der Waals surface area contributed by atoms with Gasteiger partial charge in [0.2, 0.25) is 0 Å². The number of halogens is 1. The molecule has 0 saturated heterocycles. The third-order valence-electron chi connectivity index (χ3n) is 1.84. The highest BCUT2D eigenvalue weighted by Gasteiger charge is 2.03. The van der Waals surface area contributed by atoms with Crippen LogP contribution in [-0.4, -0.2) is 53.0 Å². The van der Waals surface area contributed by atoms with E-state index in [4.69, 9.17) is 9.47 Å². The van der Waals surface area contributed by atoms with Gasteiger partial charge in [0.1, 0.15) is 0 Å². The van der Waals surface area contributed by atoms with Gasteiger partial charge in [-0.3, -0.25) is 4.99 Å². The second-order valence-electron chi connectivity index (χ2n) is 3.35. The first-order valence-corrected chi connectivity index (χ1v) is 5.19. The molecule has 2 N–H and O–H groups in total. The Morgan fingerprint density at radius 2 is 2.00 bits per heavy atom. The fourth-order valence-electron chi connectivity index (χ4n) is 1.14. The van der Waals surface area contributed by atoms with Crippen LogP contribution in [0.1, 0.15) is 13.3 Å². The van der Waals surface area contributed by atoms with Gasteiger partial charge in [0.05, 0.1) is 6.61 Å². The molecule has 5 nitrogen and oxygen atoms in total. The van der Waals surface area contributed by atoms with E-state index in [0.29, 0.717) is 6.61 Å². The molecule has 0 aromatic carbocycles. The van der Waals surface area contributed by atoms with Gasteiger partial charge < -0.3 is 20.1 Å². The van der Waals surface area contributed by atoms with Crippen molar-refractivity contribution in [3.8, 4) is 0 Å². The fourth-order valence-corrected chi connectivity index (χ4v) is 1.14. The van der Waals surface area contributed by atoms with Crippen molar-refractivity contribution >= 4 is 29.9 Å². The summed E-state index contributed by atoms with van der Waals surface area (Å²) < 4.78 is 9.98. The van der Waals surface area contributed by atoms with Crippen LogP contribution in [0.4, 0.5) is 0 Å². The lowest BCUT2D eigenvalue weighted by Crippen LogP contribution is -2.44. The van der Waals surface area contributed by atoms with Crippen molar-refractivity contribution in [2.45, 2.75) is 19.4 Å². The van der Waals surface area contributed by atoms with Crippen molar-refractivity contribution in [3.05, 3.63) is 0 Å². The fraction of sp³-hybridized carbons (Fsp3) is 0.900. The molecule has 0 heterocycles. The topological polar surface area (TPSA) is 54.9 Å². The summed E-state index contributed by atoms with van der Waals surface area (Å²) in [6.45, 7) is 4.33. The Morgan fingerprint density at radius 1 is 1.31 bits per heavy atom. The van der Waals surface area contributed by atoms with E-state index in [9.17, 15) is 0 Å². The highest BCUT2D eigenvalue weighted by Crippen LogP contribution is 1.83. The third kappa shape index (κ3) is 10.4. The third-order valence-corrected chi connectivity index (χ3v) is 1.84. The van der Waals surface area contributed by atoms with Gasteiger partial charge in [-0.15, -0.1) is 24.0 Å². The second kappa shape index (κ2) is 13.0. The Bertz CT molecular complexity index is 179. The molecule has 0 aromatic heterocycles. The van der Waals surface area contributed by atoms with Crippen molar-refractivity contribution in [2.24, 2.45) is 4.99 Å². The van der Waals surface area contributed by atoms with Crippen LogP contribution in [-0.2, 0) is 9.47 Å². The predicted octanol–water partition coefficient (Wildman–Crippen LogP) is 0.841. The average molecular weight is 345 g/mol. The average Bonchev–Trinajstić information content (AvgIpc) is 2.23. The number of guanidine groups is 1. The molecule has 0 bridgehead atoms. The molecule has 0 aliphatic rings. The zero-order valence-corrected chi connectivity index (χ0v) is 12.9. The minimum atomic E-state index is 0. The highest BCUT2D eigenvalue weighted by atomic mass is 127. The summed E-state index contributed by atoms with van der Waals surface area (Å²) in [7, 11) is 5.14. The van der Waals surface area contributed by atoms with Crippen molar-refractivity contribution in [1.29, 1.82) is 0 Å². The summed E-state index contributed by atoms with van der Waals surface area (Å²) in [4.78, 5) is 4.11. The Kier molecular flexibility index (Phi) is 14.8. The maximum Gasteiger partial charge on any atom is 0.191 e. The summed E-state index contributed by atoms with van der Waals surface area (Å²) >= 11 is 0. The van der Waals surface area contributed by atoms with Crippen molar-refractivity contribution in [3.63, 3.8) is 0 Å². The van der Waals surface area contributed by atoms with Gasteiger partial charge in [-0.25, -0.2) is 0 Å². The molecule has 1 atom stereocenters. The Hall–Kier alpha value is -0.0800. The number of aliphatic imine (C=N–C) groups is 1. The number of methoxy groups -OCH3 is 2. The summed E-state index contributed by atoms with van der Waals surface area (Å²) in [5.41, 5.74) is 0. The van der Waals surface area contributed by atoms with Crippen LogP contribution in [0.5, 0.6) is 0 Å². The molecule has 16 heavy (non-hydrogen) atoms. The van der Waals surface area contributed by atoms with E-state index in [1.165, 1.54) is 0 Å². The number of hydrogen-bond acceptors (Lipinski definition) is 3. The SMILES string of the molecule is CN=C(NCCCOC)NC(C)COC.I. The van der Waals surface area contributed by atoms with Gasteiger partial charge in [0.25, 0.3) is 0 Å². The first-order chi connectivity index (χ1) is 7.24. The lowest BCUT2D eigenvalue weighted by molar-refractivity contribution is 0.178. The van der Waals surface area contributed by atoms with Crippen molar-refractivity contribution in [2.75, 3.05) is 41.0 Å². The Morgan fingerprint density at radius 3 is 2.50 bits per heavy atom. The van der Waals surface area contributed by atoms with Crippen molar-refractivity contribution < 1.29 is 9.47 Å². The first kappa shape index (κ1) is 18.3. The van der Waals surface area contributed by atoms with Gasteiger partial charge in [0.15, 0.2) is 5.96 Å². The van der Waals surface area contributed by atoms with E-state index in [2.05, 4.69) is 15.6 Å². The molecule has 1 unspecified atom stereocenters. The number of nitrogens with one attached hydrogen (secondary N) is 2. The summed E-state index contributed by atoms with van der Waals surface area (Å²) in [6, 6.07) is 0.253. The van der Waals surface area contributed by atoms with Crippen LogP contribution in [0.2, 0.25) is 0 Å². The quantitative estimate of drug-likeness (QED) is 0.311. The maximum atomic E-state index is 5.03. The van der Waals surface area contributed by atoms with Gasteiger partial charge in [-0.2, -0.15) is 0 Å². The summed E-state index contributed by atoms with van der Waals surface area (Å²) in [5, 5.41) is 6.41. The molecular weight excluding hydrogens is 321 g/mol. The van der Waals surface area contributed by atoms with Gasteiger partial charge in [-0.1, -0.05) is 0 Å². The number of hydrogen-bond donors (Lipinski definition) is 2. The standard InChI is InChI=1S/C10H23N3O2.HI/c1-9(8-15-4)13-10(11-2)12-6-5-7-14-3;/h9H,5-8H2,1-4H3,(H2,11,12,13);1H. The number of nitrogens with zero attached hydrogens (tertiary/aromatic N) is 1. The lowest BCUT2D eigenvalue weighted by Gasteiger charge is -2.16. The van der Waals surface area contributed by atoms with E-state index in [1.807, 2.05) is 6.92 Å². The lowest BCUT2D eigenvalue weighted by atomic mass is 10.4. The molecule has 0 aromatic rings. The molecule has 0 spiro atoms. The van der Waals surface area contributed by atoms with Crippen LogP contribution >= 0.6 is 24.0 Å². The minimum absolute atomic E-state index is 0. The van der Waals surface area contributed by atoms with Gasteiger partial charge in [-0.05, 0) is 13.3 Å². The molecule has 98 valence electrons. The van der Waals surface area contributed by atoms with Crippen LogP contribution < -0.4 is 10.6 Å². The molecule has 0 radical (unpaired) electrons. The van der Waals surface area contributed by atoms with Crippen molar-refractivity contribution in [1.82, 2.24) is 10.6 Å². The maximum absolute atomic E-state index is 5.03. The van der Waals surface area contributed by atoms with Crippen LogP contribution in [0, 0.1) is 0 Å². The Labute approximate surface area is 115 Å². The van der Waals surface area contributed by atoms with E-state index in [0.717, 1.165) is 25.5 Å². The molecule has 0 aliphatic heterocycles. The predicted molar refractivity (Wildman–Crippen MR) is 77.7 cm³/mol. The first-order valence-electron chi connectivity index (χ1n) is 5.19. The van der Waals surface area contributed by atoms with Crippen LogP contribution in [0.25, 0.3) is 0 Å². The minimum Gasteiger partial charge on any atom is -0.385 e. The second-order valence-corrected chi connectivity index (χ2v) is 3.35. The molecule has 0 fully saturated rings. The molecular formula is C10H24IN3O2. The van der Waals surface area contributed by atoms with E-state index in [1.54, 1.807) is 21.3 Å². The van der Waals surface area contributed by atoms with E-state index in [-0.39, 0.29) is 30.0 Å². The van der Waals surface area contributed by atoms with Gasteiger partial charge >= 0.3 is 0 Å². The summed E-state index contributed by atoms with van der Waals surface area (Å²) in [6.07, 6.45) is 0.968. The van der Waals surface area contributed by atoms with E-state index < -0.39 is 0 Å². The summed E-state index contributed by atoms with van der Waals surface area (Å²) in [5.74, 6) is 0.802. The number of ether oxygens (including phenoxy) is 2. The monoisotopic (exact) mass is 345 g/mol. The molecule has 0 saturated carbocycles. The highest BCUT2D eigenvalue weighted by molar-refractivity contribution is 14.0. The molecule has 6 heteroatoms. The largest absolute Gasteiger partial charge is 0.385 e. The molecule has 0 amide bonds. The molecule has 0 aliphatic carbocycles. The smallest absolute Gasteiger partial charge is 0.191 e. The van der Waals surface area contributed by atoms with Crippen LogP contribution in [0.3, 0.4) is 0 Å². The zero-order chi connectivity index (χ0) is 11.5. The normalized spacial score (nSPS) is 12.9. The van der Waals surface area contributed by atoms with E-state index >= 15 is 0 Å². The van der Waals surface area contributed by atoms with Gasteiger partial charge in [0, 0.05) is 40.5 Å². The zero-order valence-electron chi connectivity index (χ0n) is 10.6. The number of rotatable bonds is 7. The molecule has 0 rings (SSSR count). The Balaban J connectivity index is 0. The van der Waals surface area contributed by atoms with Crippen LogP contribution in [0.15, 0.2) is 4.99 Å².